The Morgan fingerprint density at radius 2 is 2.05 bits per heavy atom. The first-order valence-electron chi connectivity index (χ1n) is 5.63. The van der Waals surface area contributed by atoms with Crippen LogP contribution in [0, 0.1) is 10.1 Å². The molecule has 0 unspecified atom stereocenters. The molecule has 0 spiro atoms. The molecular weight excluding hydrogens is 364 g/mol. The van der Waals surface area contributed by atoms with Gasteiger partial charge in [-0.05, 0) is 40.2 Å². The molecule has 0 saturated heterocycles. The molecule has 6 nitrogen and oxygen atoms in total. The van der Waals surface area contributed by atoms with Gasteiger partial charge in [0.2, 0.25) is 5.75 Å². The molecule has 0 aliphatic carbocycles. The molecule has 8 heteroatoms. The number of amides is 1. The average Bonchev–Trinajstić information content (AvgIpc) is 2.42. The number of anilines is 1. The Bertz CT molecular complexity index is 736. The number of phenols is 1. The molecule has 2 aromatic carbocycles. The minimum Gasteiger partial charge on any atom is -0.502 e. The number of carbonyl (C=O) groups is 1. The third-order valence-electron chi connectivity index (χ3n) is 2.63. The molecule has 2 rings (SSSR count). The van der Waals surface area contributed by atoms with Crippen molar-refractivity contribution in [3.63, 3.8) is 0 Å². The monoisotopic (exact) mass is 370 g/mol. The molecule has 108 valence electrons. The molecular formula is C13H8BrClN2O4. The van der Waals surface area contributed by atoms with Crippen LogP contribution in [0.3, 0.4) is 0 Å². The highest BCUT2D eigenvalue weighted by Crippen LogP contribution is 2.30. The Morgan fingerprint density at radius 1 is 1.33 bits per heavy atom. The fraction of sp³-hybridized carbons (Fsp3) is 0. The number of halogens is 2. The van der Waals surface area contributed by atoms with E-state index in [0.717, 1.165) is 6.07 Å². The second-order valence-electron chi connectivity index (χ2n) is 4.01. The van der Waals surface area contributed by atoms with Crippen molar-refractivity contribution in [2.45, 2.75) is 0 Å². The molecule has 0 fully saturated rings. The summed E-state index contributed by atoms with van der Waals surface area (Å²) < 4.78 is 0.588. The Labute approximate surface area is 132 Å². The van der Waals surface area contributed by atoms with Gasteiger partial charge in [-0.2, -0.15) is 0 Å². The highest BCUT2D eigenvalue weighted by Gasteiger charge is 2.21. The second kappa shape index (κ2) is 6.11. The summed E-state index contributed by atoms with van der Waals surface area (Å²) in [6, 6.07) is 8.46. The molecule has 0 heterocycles. The molecule has 0 aliphatic rings. The normalized spacial score (nSPS) is 10.2. The number of nitro groups is 1. The van der Waals surface area contributed by atoms with Gasteiger partial charge in [-0.3, -0.25) is 14.9 Å². The smallest absolute Gasteiger partial charge is 0.311 e. The maximum Gasteiger partial charge on any atom is 0.311 e. The lowest BCUT2D eigenvalue weighted by Crippen LogP contribution is -2.12. The first-order valence-corrected chi connectivity index (χ1v) is 6.80. The second-order valence-corrected chi connectivity index (χ2v) is 5.27. The third-order valence-corrected chi connectivity index (χ3v) is 3.85. The number of benzene rings is 2. The van der Waals surface area contributed by atoms with E-state index >= 15 is 0 Å². The number of hydrogen-bond donors (Lipinski definition) is 2. The van der Waals surface area contributed by atoms with Crippen molar-refractivity contribution in [3.8, 4) is 5.75 Å². The summed E-state index contributed by atoms with van der Waals surface area (Å²) in [5, 5.41) is 23.5. The number of rotatable bonds is 3. The maximum atomic E-state index is 12.1. The van der Waals surface area contributed by atoms with Crippen molar-refractivity contribution in [1.29, 1.82) is 0 Å². The van der Waals surface area contributed by atoms with Gasteiger partial charge < -0.3 is 10.4 Å². The third kappa shape index (κ3) is 3.32. The van der Waals surface area contributed by atoms with Gasteiger partial charge in [0.25, 0.3) is 5.91 Å². The van der Waals surface area contributed by atoms with E-state index in [1.165, 1.54) is 12.1 Å². The highest BCUT2D eigenvalue weighted by atomic mass is 79.9. The number of hydrogen-bond acceptors (Lipinski definition) is 4. The lowest BCUT2D eigenvalue weighted by Gasteiger charge is -2.08. The molecule has 0 aromatic heterocycles. The van der Waals surface area contributed by atoms with Gasteiger partial charge in [0.05, 0.1) is 15.5 Å². The van der Waals surface area contributed by atoms with Crippen LogP contribution in [0.5, 0.6) is 5.75 Å². The van der Waals surface area contributed by atoms with Crippen LogP contribution in [0.2, 0.25) is 5.02 Å². The Morgan fingerprint density at radius 3 is 2.67 bits per heavy atom. The summed E-state index contributed by atoms with van der Waals surface area (Å²) in [5.41, 5.74) is -0.280. The lowest BCUT2D eigenvalue weighted by atomic mass is 10.1. The molecule has 0 radical (unpaired) electrons. The first-order chi connectivity index (χ1) is 9.90. The van der Waals surface area contributed by atoms with Gasteiger partial charge in [-0.25, -0.2) is 0 Å². The van der Waals surface area contributed by atoms with Crippen molar-refractivity contribution >= 4 is 44.8 Å². The summed E-state index contributed by atoms with van der Waals surface area (Å²) in [7, 11) is 0. The van der Waals surface area contributed by atoms with Crippen LogP contribution in [0.15, 0.2) is 40.9 Å². The fourth-order valence-corrected chi connectivity index (χ4v) is 2.13. The van der Waals surface area contributed by atoms with Crippen molar-refractivity contribution in [3.05, 3.63) is 61.6 Å². The van der Waals surface area contributed by atoms with Crippen LogP contribution in [-0.2, 0) is 0 Å². The van der Waals surface area contributed by atoms with Crippen LogP contribution < -0.4 is 5.32 Å². The molecule has 1 amide bonds. The molecule has 2 N–H and O–H groups in total. The van der Waals surface area contributed by atoms with E-state index in [4.69, 9.17) is 11.6 Å². The predicted molar refractivity (Wildman–Crippen MR) is 81.9 cm³/mol. The van der Waals surface area contributed by atoms with E-state index in [9.17, 15) is 20.0 Å². The number of nitrogens with one attached hydrogen (secondary N) is 1. The Kier molecular flexibility index (Phi) is 4.44. The van der Waals surface area contributed by atoms with Crippen LogP contribution in [0.4, 0.5) is 11.4 Å². The summed E-state index contributed by atoms with van der Waals surface area (Å²) in [6.07, 6.45) is 0. The number of nitro benzene ring substituents is 1. The van der Waals surface area contributed by atoms with Gasteiger partial charge in [0, 0.05) is 16.2 Å². The highest BCUT2D eigenvalue weighted by molar-refractivity contribution is 9.10. The van der Waals surface area contributed by atoms with Crippen molar-refractivity contribution < 1.29 is 14.8 Å². The van der Waals surface area contributed by atoms with Crippen LogP contribution in [0.25, 0.3) is 0 Å². The molecule has 0 saturated carbocycles. The van der Waals surface area contributed by atoms with E-state index in [2.05, 4.69) is 21.2 Å². The topological polar surface area (TPSA) is 92.5 Å². The van der Waals surface area contributed by atoms with Crippen LogP contribution in [-0.4, -0.2) is 15.9 Å². The summed E-state index contributed by atoms with van der Waals surface area (Å²) >= 11 is 9.06. The lowest BCUT2D eigenvalue weighted by molar-refractivity contribution is -0.385. The van der Waals surface area contributed by atoms with Gasteiger partial charge >= 0.3 is 5.69 Å². The maximum absolute atomic E-state index is 12.1. The van der Waals surface area contributed by atoms with Gasteiger partial charge in [0.1, 0.15) is 0 Å². The van der Waals surface area contributed by atoms with Crippen molar-refractivity contribution in [2.24, 2.45) is 0 Å². The van der Waals surface area contributed by atoms with E-state index in [1.807, 2.05) is 0 Å². The fourth-order valence-electron chi connectivity index (χ4n) is 1.63. The van der Waals surface area contributed by atoms with Crippen LogP contribution >= 0.6 is 27.5 Å². The average molecular weight is 372 g/mol. The summed E-state index contributed by atoms with van der Waals surface area (Å²) in [6.45, 7) is 0. The molecule has 21 heavy (non-hydrogen) atoms. The number of para-hydroxylation sites is 1. The molecule has 0 bridgehead atoms. The zero-order valence-electron chi connectivity index (χ0n) is 10.3. The molecule has 0 aliphatic heterocycles. The summed E-state index contributed by atoms with van der Waals surface area (Å²) in [4.78, 5) is 22.0. The number of phenolic OH excluding ortho intramolecular Hbond substituents is 1. The standard InChI is InChI=1S/C13H8BrClN2O4/c14-9-6-7(4-5-10(9)15)16-13(19)8-2-1-3-11(12(8)18)17(20)21/h1-6,18H,(H,16,19). The number of aromatic hydroxyl groups is 1. The van der Waals surface area contributed by atoms with Crippen LogP contribution in [0.1, 0.15) is 10.4 Å². The van der Waals surface area contributed by atoms with Gasteiger partial charge in [0.15, 0.2) is 0 Å². The van der Waals surface area contributed by atoms with Crippen molar-refractivity contribution in [2.75, 3.05) is 5.32 Å². The largest absolute Gasteiger partial charge is 0.502 e. The Balaban J connectivity index is 2.30. The number of carbonyl (C=O) groups excluding carboxylic acids is 1. The van der Waals surface area contributed by atoms with E-state index in [-0.39, 0.29) is 5.56 Å². The molecule has 0 atom stereocenters. The zero-order valence-corrected chi connectivity index (χ0v) is 12.7. The first kappa shape index (κ1) is 15.3. The van der Waals surface area contributed by atoms with Gasteiger partial charge in [-0.15, -0.1) is 0 Å². The minimum absolute atomic E-state index is 0.185. The number of nitrogens with zero attached hydrogens (tertiary/aromatic N) is 1. The SMILES string of the molecule is O=C(Nc1ccc(Cl)c(Br)c1)c1cccc([N+](=O)[O-])c1O. The van der Waals surface area contributed by atoms with E-state index in [1.54, 1.807) is 18.2 Å². The predicted octanol–water partition coefficient (Wildman–Crippen LogP) is 3.97. The molecule has 2 aromatic rings. The van der Waals surface area contributed by atoms with Gasteiger partial charge in [-0.1, -0.05) is 17.7 Å². The quantitative estimate of drug-likeness (QED) is 0.631. The van der Waals surface area contributed by atoms with E-state index < -0.39 is 22.3 Å². The van der Waals surface area contributed by atoms with E-state index in [0.29, 0.717) is 15.2 Å². The summed E-state index contributed by atoms with van der Waals surface area (Å²) in [5.74, 6) is -1.33. The minimum atomic E-state index is -0.759. The van der Waals surface area contributed by atoms with Crippen molar-refractivity contribution in [1.82, 2.24) is 0 Å². The Hall–Kier alpha value is -2.12. The zero-order chi connectivity index (χ0) is 15.6.